The zero-order valence-electron chi connectivity index (χ0n) is 19.9. The maximum absolute atomic E-state index is 13.5. The number of aliphatic hydroxyl groups excluding tert-OH is 1. The SMILES string of the molecule is C=CCN1C(=O)[C@H]2N(C(=O)[C@@H](O)[C@H](Cc3ccccc3)NC(=O)c3cccc(N)c3C=N)CSC21C. The van der Waals surface area contributed by atoms with Gasteiger partial charge in [-0.3, -0.25) is 14.4 Å². The number of thioether (sulfide) groups is 1. The second-order valence-corrected chi connectivity index (χ2v) is 10.3. The number of carbonyl (C=O) groups excluding carboxylic acids is 3. The zero-order valence-corrected chi connectivity index (χ0v) is 20.7. The van der Waals surface area contributed by atoms with Gasteiger partial charge >= 0.3 is 0 Å². The number of aliphatic hydroxyl groups is 1. The molecule has 5 N–H and O–H groups in total. The molecule has 0 aromatic heterocycles. The third kappa shape index (κ3) is 4.38. The number of hydrogen-bond donors (Lipinski definition) is 4. The minimum Gasteiger partial charge on any atom is -0.398 e. The van der Waals surface area contributed by atoms with Gasteiger partial charge in [-0.1, -0.05) is 42.5 Å². The van der Waals surface area contributed by atoms with Gasteiger partial charge in [0.1, 0.15) is 10.9 Å². The van der Waals surface area contributed by atoms with Gasteiger partial charge in [-0.25, -0.2) is 0 Å². The van der Waals surface area contributed by atoms with Crippen LogP contribution < -0.4 is 11.1 Å². The molecule has 36 heavy (non-hydrogen) atoms. The molecule has 0 aliphatic carbocycles. The van der Waals surface area contributed by atoms with Gasteiger partial charge in [-0.2, -0.15) is 0 Å². The molecule has 0 radical (unpaired) electrons. The van der Waals surface area contributed by atoms with Crippen LogP contribution in [0.1, 0.15) is 28.4 Å². The van der Waals surface area contributed by atoms with Crippen molar-refractivity contribution in [1.29, 1.82) is 5.41 Å². The second kappa shape index (κ2) is 10.2. The Labute approximate surface area is 213 Å². The van der Waals surface area contributed by atoms with E-state index in [-0.39, 0.29) is 35.0 Å². The summed E-state index contributed by atoms with van der Waals surface area (Å²) in [5, 5.41) is 21.6. The molecule has 2 fully saturated rings. The molecule has 9 nitrogen and oxygen atoms in total. The van der Waals surface area contributed by atoms with E-state index < -0.39 is 34.9 Å². The molecule has 0 spiro atoms. The highest BCUT2D eigenvalue weighted by Gasteiger charge is 2.65. The number of nitrogens with two attached hydrogens (primary N) is 1. The van der Waals surface area contributed by atoms with Crippen molar-refractivity contribution in [2.24, 2.45) is 0 Å². The number of nitrogen functional groups attached to an aromatic ring is 1. The van der Waals surface area contributed by atoms with Crippen molar-refractivity contribution >= 4 is 41.4 Å². The van der Waals surface area contributed by atoms with Crippen LogP contribution in [0.5, 0.6) is 0 Å². The highest BCUT2D eigenvalue weighted by molar-refractivity contribution is 8.01. The number of benzene rings is 2. The lowest BCUT2D eigenvalue weighted by molar-refractivity contribution is -0.166. The highest BCUT2D eigenvalue weighted by atomic mass is 32.2. The van der Waals surface area contributed by atoms with Crippen molar-refractivity contribution in [2.75, 3.05) is 18.2 Å². The monoisotopic (exact) mass is 507 g/mol. The molecule has 4 atom stereocenters. The predicted molar refractivity (Wildman–Crippen MR) is 140 cm³/mol. The molecule has 2 aliphatic rings. The maximum atomic E-state index is 13.5. The van der Waals surface area contributed by atoms with Crippen LogP contribution in [0.4, 0.5) is 5.69 Å². The largest absolute Gasteiger partial charge is 0.398 e. The molecule has 188 valence electrons. The number of rotatable bonds is 9. The summed E-state index contributed by atoms with van der Waals surface area (Å²) in [6, 6.07) is 12.2. The molecule has 0 saturated carbocycles. The van der Waals surface area contributed by atoms with Gasteiger partial charge in [-0.15, -0.1) is 18.3 Å². The van der Waals surface area contributed by atoms with E-state index in [9.17, 15) is 19.5 Å². The van der Waals surface area contributed by atoms with Gasteiger partial charge in [0, 0.05) is 24.0 Å². The fourth-order valence-electron chi connectivity index (χ4n) is 4.76. The lowest BCUT2D eigenvalue weighted by Crippen LogP contribution is -2.73. The van der Waals surface area contributed by atoms with Crippen molar-refractivity contribution in [3.63, 3.8) is 0 Å². The highest BCUT2D eigenvalue weighted by Crippen LogP contribution is 2.50. The average molecular weight is 508 g/mol. The number of hydrogen-bond acceptors (Lipinski definition) is 7. The van der Waals surface area contributed by atoms with Crippen LogP contribution in [0, 0.1) is 5.41 Å². The molecule has 2 aliphatic heterocycles. The van der Waals surface area contributed by atoms with E-state index >= 15 is 0 Å². The molecule has 4 rings (SSSR count). The number of fused-ring (bicyclic) bond motifs is 1. The molecule has 0 bridgehead atoms. The summed E-state index contributed by atoms with van der Waals surface area (Å²) in [5.74, 6) is -1.13. The van der Waals surface area contributed by atoms with E-state index in [1.807, 2.05) is 37.3 Å². The Bertz CT molecular complexity index is 1210. The smallest absolute Gasteiger partial charge is 0.255 e. The number of nitrogens with zero attached hydrogens (tertiary/aromatic N) is 2. The first kappa shape index (κ1) is 25.5. The third-order valence-electron chi connectivity index (χ3n) is 6.72. The summed E-state index contributed by atoms with van der Waals surface area (Å²) in [7, 11) is 0. The predicted octanol–water partition coefficient (Wildman–Crippen LogP) is 1.61. The maximum Gasteiger partial charge on any atom is 0.255 e. The number of likely N-dealkylation sites (tertiary alicyclic amines) is 1. The lowest BCUT2D eigenvalue weighted by Gasteiger charge is -2.52. The zero-order chi connectivity index (χ0) is 26.0. The normalized spacial score (nSPS) is 22.3. The van der Waals surface area contributed by atoms with E-state index in [1.54, 1.807) is 23.1 Å². The molecule has 10 heteroatoms. The quantitative estimate of drug-likeness (QED) is 0.176. The Balaban J connectivity index is 1.58. The van der Waals surface area contributed by atoms with Crippen LogP contribution in [0.25, 0.3) is 0 Å². The fourth-order valence-corrected chi connectivity index (χ4v) is 6.15. The second-order valence-electron chi connectivity index (χ2n) is 8.94. The van der Waals surface area contributed by atoms with Gasteiger partial charge in [0.05, 0.1) is 17.5 Å². The van der Waals surface area contributed by atoms with Crippen molar-refractivity contribution < 1.29 is 19.5 Å². The third-order valence-corrected chi connectivity index (χ3v) is 8.16. The van der Waals surface area contributed by atoms with E-state index in [0.29, 0.717) is 6.54 Å². The molecule has 2 saturated heterocycles. The summed E-state index contributed by atoms with van der Waals surface area (Å²) in [6.07, 6.45) is 1.23. The number of amides is 3. The summed E-state index contributed by atoms with van der Waals surface area (Å²) in [4.78, 5) is 41.9. The molecule has 3 amide bonds. The van der Waals surface area contributed by atoms with Crippen LogP contribution in [0.3, 0.4) is 0 Å². The van der Waals surface area contributed by atoms with Gasteiger partial charge in [-0.05, 0) is 31.0 Å². The van der Waals surface area contributed by atoms with E-state index in [1.165, 1.54) is 22.7 Å². The summed E-state index contributed by atoms with van der Waals surface area (Å²) >= 11 is 1.46. The first-order valence-corrected chi connectivity index (χ1v) is 12.5. The first-order valence-electron chi connectivity index (χ1n) is 11.5. The van der Waals surface area contributed by atoms with Crippen molar-refractivity contribution in [3.05, 3.63) is 77.9 Å². The number of nitrogens with one attached hydrogen (secondary N) is 2. The standard InChI is InChI=1S/C26H29N5O4S/c1-3-12-31-25(35)22-26(31,2)36-15-30(22)24(34)21(32)20(13-16-8-5-4-6-9-16)29-23(33)17-10-7-11-19(28)18(17)14-27/h3-11,14,20-22,27,32H,1,12-13,15,28H2,2H3,(H,29,33)/t20-,21-,22+,26?/m0/s1. The Morgan fingerprint density at radius 3 is 2.69 bits per heavy atom. The van der Waals surface area contributed by atoms with Crippen LogP contribution in [-0.4, -0.2) is 74.3 Å². The molecular weight excluding hydrogens is 478 g/mol. The Morgan fingerprint density at radius 1 is 1.31 bits per heavy atom. The van der Waals surface area contributed by atoms with Gasteiger partial charge in [0.15, 0.2) is 6.10 Å². The van der Waals surface area contributed by atoms with E-state index in [0.717, 1.165) is 11.8 Å². The van der Waals surface area contributed by atoms with Crippen LogP contribution >= 0.6 is 11.8 Å². The number of anilines is 1. The molecule has 2 aromatic rings. The Morgan fingerprint density at radius 2 is 2.03 bits per heavy atom. The van der Waals surface area contributed by atoms with E-state index in [2.05, 4.69) is 11.9 Å². The molecular formula is C26H29N5O4S. The average Bonchev–Trinajstić information content (AvgIpc) is 3.19. The van der Waals surface area contributed by atoms with Gasteiger partial charge in [0.25, 0.3) is 11.8 Å². The van der Waals surface area contributed by atoms with Crippen molar-refractivity contribution in [3.8, 4) is 0 Å². The topological polar surface area (TPSA) is 140 Å². The summed E-state index contributed by atoms with van der Waals surface area (Å²) < 4.78 is 0. The van der Waals surface area contributed by atoms with E-state index in [4.69, 9.17) is 11.1 Å². The lowest BCUT2D eigenvalue weighted by atomic mass is 9.93. The fraction of sp³-hybridized carbons (Fsp3) is 0.308. The Kier molecular flexibility index (Phi) is 7.18. The number of β-lactam (4-membered cyclic amide) rings is 1. The minimum absolute atomic E-state index is 0.168. The van der Waals surface area contributed by atoms with Crippen molar-refractivity contribution in [2.45, 2.75) is 36.4 Å². The van der Waals surface area contributed by atoms with Crippen LogP contribution in [0.2, 0.25) is 0 Å². The van der Waals surface area contributed by atoms with Crippen molar-refractivity contribution in [1.82, 2.24) is 15.1 Å². The Hall–Kier alpha value is -3.63. The molecule has 2 heterocycles. The minimum atomic E-state index is -1.59. The summed E-state index contributed by atoms with van der Waals surface area (Å²) in [5.41, 5.74) is 7.43. The van der Waals surface area contributed by atoms with Gasteiger partial charge < -0.3 is 31.4 Å². The summed E-state index contributed by atoms with van der Waals surface area (Å²) in [6.45, 7) is 5.97. The van der Waals surface area contributed by atoms with Crippen LogP contribution in [-0.2, 0) is 16.0 Å². The van der Waals surface area contributed by atoms with Crippen LogP contribution in [0.15, 0.2) is 61.2 Å². The first-order chi connectivity index (χ1) is 17.2. The van der Waals surface area contributed by atoms with Gasteiger partial charge in [0.2, 0.25) is 5.91 Å². The number of carbonyl (C=O) groups is 3. The molecule has 1 unspecified atom stereocenters. The molecule has 2 aromatic carbocycles.